The second kappa shape index (κ2) is 6.76. The van der Waals surface area contributed by atoms with Crippen molar-refractivity contribution in [3.63, 3.8) is 0 Å². The molecule has 3 rings (SSSR count). The van der Waals surface area contributed by atoms with E-state index in [9.17, 15) is 13.2 Å². The molecule has 6 nitrogen and oxygen atoms in total. The Bertz CT molecular complexity index is 895. The van der Waals surface area contributed by atoms with Gasteiger partial charge in [-0.1, -0.05) is 37.3 Å². The number of ether oxygens (including phenoxy) is 1. The number of benzene rings is 2. The lowest BCUT2D eigenvalue weighted by Gasteiger charge is -2.33. The first-order chi connectivity index (χ1) is 11.9. The third-order valence-electron chi connectivity index (χ3n) is 4.08. The van der Waals surface area contributed by atoms with Crippen molar-refractivity contribution in [2.75, 3.05) is 22.4 Å². The van der Waals surface area contributed by atoms with E-state index < -0.39 is 16.1 Å². The fourth-order valence-electron chi connectivity index (χ4n) is 2.82. The van der Waals surface area contributed by atoms with Crippen molar-refractivity contribution >= 4 is 27.3 Å². The molecule has 132 valence electrons. The Kier molecular flexibility index (Phi) is 4.67. The molecule has 1 unspecified atom stereocenters. The van der Waals surface area contributed by atoms with E-state index in [1.165, 1.54) is 4.31 Å². The zero-order valence-electron chi connectivity index (χ0n) is 14.1. The van der Waals surface area contributed by atoms with E-state index in [0.717, 1.165) is 18.2 Å². The molecular weight excluding hydrogens is 340 g/mol. The Morgan fingerprint density at radius 1 is 1.20 bits per heavy atom. The molecule has 1 amide bonds. The molecule has 1 aliphatic heterocycles. The summed E-state index contributed by atoms with van der Waals surface area (Å²) in [6.45, 7) is 1.94. The number of para-hydroxylation sites is 3. The molecule has 2 aromatic carbocycles. The second-order valence-corrected chi connectivity index (χ2v) is 7.78. The quantitative estimate of drug-likeness (QED) is 0.908. The summed E-state index contributed by atoms with van der Waals surface area (Å²) in [5.41, 5.74) is 2.17. The van der Waals surface area contributed by atoms with Gasteiger partial charge in [0.2, 0.25) is 10.0 Å². The van der Waals surface area contributed by atoms with E-state index in [1.807, 2.05) is 31.2 Å². The third kappa shape index (κ3) is 3.61. The highest BCUT2D eigenvalue weighted by Gasteiger charge is 2.34. The van der Waals surface area contributed by atoms with Crippen LogP contribution < -0.4 is 14.4 Å². The Hall–Kier alpha value is -2.54. The van der Waals surface area contributed by atoms with Crippen LogP contribution in [0.15, 0.2) is 48.5 Å². The van der Waals surface area contributed by atoms with E-state index in [4.69, 9.17) is 4.74 Å². The zero-order valence-corrected chi connectivity index (χ0v) is 14.9. The number of aryl methyl sites for hydroxylation is 1. The highest BCUT2D eigenvalue weighted by atomic mass is 32.2. The molecule has 0 saturated heterocycles. The minimum absolute atomic E-state index is 0.0596. The molecule has 1 atom stereocenters. The number of hydrogen-bond acceptors (Lipinski definition) is 4. The molecule has 0 spiro atoms. The van der Waals surface area contributed by atoms with E-state index in [1.54, 1.807) is 24.3 Å². The van der Waals surface area contributed by atoms with E-state index in [-0.39, 0.29) is 12.5 Å². The Balaban J connectivity index is 1.87. The van der Waals surface area contributed by atoms with Crippen LogP contribution in [0.1, 0.15) is 12.5 Å². The minimum Gasteiger partial charge on any atom is -0.476 e. The van der Waals surface area contributed by atoms with Crippen LogP contribution in [0.5, 0.6) is 5.75 Å². The van der Waals surface area contributed by atoms with Crippen LogP contribution in [-0.2, 0) is 21.2 Å². The molecule has 0 saturated carbocycles. The van der Waals surface area contributed by atoms with Gasteiger partial charge in [-0.25, -0.2) is 8.42 Å². The zero-order chi connectivity index (χ0) is 18.0. The number of amides is 1. The van der Waals surface area contributed by atoms with Gasteiger partial charge in [-0.2, -0.15) is 0 Å². The molecule has 2 aromatic rings. The molecule has 0 bridgehead atoms. The van der Waals surface area contributed by atoms with Crippen molar-refractivity contribution < 1.29 is 17.9 Å². The van der Waals surface area contributed by atoms with Crippen LogP contribution in [0, 0.1) is 0 Å². The number of anilines is 2. The van der Waals surface area contributed by atoms with Crippen molar-refractivity contribution in [1.29, 1.82) is 0 Å². The number of fused-ring (bicyclic) bond motifs is 1. The summed E-state index contributed by atoms with van der Waals surface area (Å²) in [4.78, 5) is 12.7. The van der Waals surface area contributed by atoms with Gasteiger partial charge in [0.1, 0.15) is 5.75 Å². The maximum absolute atomic E-state index is 12.7. The molecule has 1 aliphatic rings. The Morgan fingerprint density at radius 3 is 2.60 bits per heavy atom. The Labute approximate surface area is 147 Å². The van der Waals surface area contributed by atoms with Gasteiger partial charge in [-0.3, -0.25) is 9.10 Å². The van der Waals surface area contributed by atoms with Gasteiger partial charge in [0.05, 0.1) is 18.5 Å². The normalized spacial score (nSPS) is 16.7. The summed E-state index contributed by atoms with van der Waals surface area (Å²) in [5, 5.41) is 2.85. The van der Waals surface area contributed by atoms with Gasteiger partial charge >= 0.3 is 0 Å². The molecule has 0 aromatic heterocycles. The molecule has 0 radical (unpaired) electrons. The first-order valence-corrected chi connectivity index (χ1v) is 9.87. The molecular formula is C18H20N2O4S. The predicted octanol–water partition coefficient (Wildman–Crippen LogP) is 2.41. The highest BCUT2D eigenvalue weighted by Crippen LogP contribution is 2.34. The molecule has 0 aliphatic carbocycles. The van der Waals surface area contributed by atoms with Crippen molar-refractivity contribution in [1.82, 2.24) is 0 Å². The summed E-state index contributed by atoms with van der Waals surface area (Å²) in [7, 11) is -3.52. The summed E-state index contributed by atoms with van der Waals surface area (Å²) in [6, 6.07) is 14.3. The van der Waals surface area contributed by atoms with Crippen LogP contribution >= 0.6 is 0 Å². The van der Waals surface area contributed by atoms with Gasteiger partial charge in [0.15, 0.2) is 6.10 Å². The largest absolute Gasteiger partial charge is 0.476 e. The average molecular weight is 360 g/mol. The SMILES string of the molecule is CCc1ccccc1NC(=O)C1CN(S(C)(=O)=O)c2ccccc2O1. The number of nitrogens with one attached hydrogen (secondary N) is 1. The molecule has 1 N–H and O–H groups in total. The molecule has 25 heavy (non-hydrogen) atoms. The average Bonchev–Trinajstić information content (AvgIpc) is 2.60. The highest BCUT2D eigenvalue weighted by molar-refractivity contribution is 7.92. The number of carbonyl (C=O) groups excluding carboxylic acids is 1. The summed E-state index contributed by atoms with van der Waals surface area (Å²) < 4.78 is 31.2. The lowest BCUT2D eigenvalue weighted by atomic mass is 10.1. The number of rotatable bonds is 4. The van der Waals surface area contributed by atoms with Crippen molar-refractivity contribution in [2.45, 2.75) is 19.4 Å². The molecule has 0 fully saturated rings. The molecule has 1 heterocycles. The van der Waals surface area contributed by atoms with E-state index in [0.29, 0.717) is 17.1 Å². The smallest absolute Gasteiger partial charge is 0.267 e. The van der Waals surface area contributed by atoms with Crippen molar-refractivity contribution in [2.24, 2.45) is 0 Å². The fraction of sp³-hybridized carbons (Fsp3) is 0.278. The van der Waals surface area contributed by atoms with Gasteiger partial charge in [0.25, 0.3) is 5.91 Å². The van der Waals surface area contributed by atoms with Crippen LogP contribution in [0.25, 0.3) is 0 Å². The van der Waals surface area contributed by atoms with Crippen LogP contribution in [0.2, 0.25) is 0 Å². The summed E-state index contributed by atoms with van der Waals surface area (Å²) in [6.07, 6.45) is 0.978. The topological polar surface area (TPSA) is 75.7 Å². The number of nitrogens with zero attached hydrogens (tertiary/aromatic N) is 1. The van der Waals surface area contributed by atoms with Gasteiger partial charge in [-0.15, -0.1) is 0 Å². The first-order valence-electron chi connectivity index (χ1n) is 8.02. The van der Waals surface area contributed by atoms with E-state index >= 15 is 0 Å². The van der Waals surface area contributed by atoms with Crippen LogP contribution in [-0.4, -0.2) is 33.2 Å². The minimum atomic E-state index is -3.52. The third-order valence-corrected chi connectivity index (χ3v) is 5.23. The van der Waals surface area contributed by atoms with Crippen LogP contribution in [0.3, 0.4) is 0 Å². The number of carbonyl (C=O) groups is 1. The monoisotopic (exact) mass is 360 g/mol. The van der Waals surface area contributed by atoms with Gasteiger partial charge < -0.3 is 10.1 Å². The molecule has 7 heteroatoms. The maximum atomic E-state index is 12.7. The standard InChI is InChI=1S/C18H20N2O4S/c1-3-13-8-4-5-9-14(13)19-18(21)17-12-20(25(2,22)23)15-10-6-7-11-16(15)24-17/h4-11,17H,3,12H2,1-2H3,(H,19,21). The lowest BCUT2D eigenvalue weighted by Crippen LogP contribution is -2.48. The first kappa shape index (κ1) is 17.3. The summed E-state index contributed by atoms with van der Waals surface area (Å²) >= 11 is 0. The van der Waals surface area contributed by atoms with Gasteiger partial charge in [0, 0.05) is 5.69 Å². The van der Waals surface area contributed by atoms with Crippen molar-refractivity contribution in [3.8, 4) is 5.75 Å². The second-order valence-electron chi connectivity index (χ2n) is 5.87. The maximum Gasteiger partial charge on any atom is 0.267 e. The Morgan fingerprint density at radius 2 is 1.88 bits per heavy atom. The summed E-state index contributed by atoms with van der Waals surface area (Å²) in [5.74, 6) is 0.00662. The van der Waals surface area contributed by atoms with Gasteiger partial charge in [-0.05, 0) is 30.2 Å². The lowest BCUT2D eigenvalue weighted by molar-refractivity contribution is -0.122. The van der Waals surface area contributed by atoms with Crippen LogP contribution in [0.4, 0.5) is 11.4 Å². The van der Waals surface area contributed by atoms with E-state index in [2.05, 4.69) is 5.32 Å². The number of sulfonamides is 1. The van der Waals surface area contributed by atoms with Crippen molar-refractivity contribution in [3.05, 3.63) is 54.1 Å². The predicted molar refractivity (Wildman–Crippen MR) is 97.5 cm³/mol. The number of hydrogen-bond donors (Lipinski definition) is 1. The fourth-order valence-corrected chi connectivity index (χ4v) is 3.73.